The molecule has 25 heavy (non-hydrogen) atoms. The molecule has 2 N–H and O–H groups in total. The van der Waals surface area contributed by atoms with E-state index in [-0.39, 0.29) is 24.0 Å². The Bertz CT molecular complexity index is 487. The van der Waals surface area contributed by atoms with Crippen molar-refractivity contribution in [1.82, 2.24) is 15.5 Å². The molecule has 1 aliphatic rings. The van der Waals surface area contributed by atoms with Crippen molar-refractivity contribution in [2.75, 3.05) is 39.4 Å². The van der Waals surface area contributed by atoms with E-state index < -0.39 is 0 Å². The minimum Gasteiger partial charge on any atom is -0.379 e. The first-order chi connectivity index (χ1) is 11.8. The summed E-state index contributed by atoms with van der Waals surface area (Å²) in [6, 6.07) is 8.82. The molecule has 0 atom stereocenters. The number of morpholine rings is 1. The van der Waals surface area contributed by atoms with E-state index >= 15 is 0 Å². The second-order valence-electron chi connectivity index (χ2n) is 6.18. The van der Waals surface area contributed by atoms with Crippen LogP contribution >= 0.6 is 24.0 Å². The predicted molar refractivity (Wildman–Crippen MR) is 116 cm³/mol. The highest BCUT2D eigenvalue weighted by Gasteiger charge is 2.10. The Balaban J connectivity index is 0.00000312. The molecule has 1 heterocycles. The molecule has 2 rings (SSSR count). The Morgan fingerprint density at radius 1 is 1.08 bits per heavy atom. The second-order valence-corrected chi connectivity index (χ2v) is 6.18. The van der Waals surface area contributed by atoms with Gasteiger partial charge in [0.1, 0.15) is 0 Å². The third-order valence-corrected chi connectivity index (χ3v) is 4.12. The van der Waals surface area contributed by atoms with Crippen molar-refractivity contribution in [1.29, 1.82) is 0 Å². The molecule has 0 spiro atoms. The highest BCUT2D eigenvalue weighted by Crippen LogP contribution is 2.10. The maximum absolute atomic E-state index is 5.40. The van der Waals surface area contributed by atoms with Gasteiger partial charge in [-0.25, -0.2) is 4.99 Å². The van der Waals surface area contributed by atoms with E-state index in [1.807, 2.05) is 0 Å². The fraction of sp³-hybridized carbons (Fsp3) is 0.632. The van der Waals surface area contributed by atoms with Gasteiger partial charge in [0.15, 0.2) is 5.96 Å². The molecular weight excluding hydrogens is 427 g/mol. The van der Waals surface area contributed by atoms with Crippen molar-refractivity contribution in [3.05, 3.63) is 35.4 Å². The van der Waals surface area contributed by atoms with E-state index in [4.69, 9.17) is 4.74 Å². The quantitative estimate of drug-likeness (QED) is 0.271. The van der Waals surface area contributed by atoms with Gasteiger partial charge in [-0.05, 0) is 24.5 Å². The zero-order valence-corrected chi connectivity index (χ0v) is 17.9. The molecule has 0 unspecified atom stereocenters. The van der Waals surface area contributed by atoms with Crippen molar-refractivity contribution in [2.45, 2.75) is 39.8 Å². The Kier molecular flexibility index (Phi) is 11.9. The zero-order valence-electron chi connectivity index (χ0n) is 15.6. The predicted octanol–water partition coefficient (Wildman–Crippen LogP) is 2.99. The number of ether oxygens (including phenoxy) is 1. The SMILES string of the molecule is CCCCNC(=NCc1ccc(CN2CCOCC2)cc1)NCC.I. The molecule has 142 valence electrons. The number of halogens is 1. The fourth-order valence-electron chi connectivity index (χ4n) is 2.66. The summed E-state index contributed by atoms with van der Waals surface area (Å²) >= 11 is 0. The van der Waals surface area contributed by atoms with Crippen LogP contribution in [0.15, 0.2) is 29.3 Å². The first-order valence-electron chi connectivity index (χ1n) is 9.22. The average molecular weight is 460 g/mol. The molecule has 0 radical (unpaired) electrons. The molecule has 1 fully saturated rings. The summed E-state index contributed by atoms with van der Waals surface area (Å²) in [6.07, 6.45) is 2.36. The van der Waals surface area contributed by atoms with Crippen LogP contribution in [0.25, 0.3) is 0 Å². The molecule has 1 aromatic carbocycles. The Morgan fingerprint density at radius 3 is 2.40 bits per heavy atom. The van der Waals surface area contributed by atoms with Crippen molar-refractivity contribution >= 4 is 29.9 Å². The fourth-order valence-corrected chi connectivity index (χ4v) is 2.66. The third-order valence-electron chi connectivity index (χ3n) is 4.12. The molecule has 5 nitrogen and oxygen atoms in total. The van der Waals surface area contributed by atoms with Crippen molar-refractivity contribution in [3.63, 3.8) is 0 Å². The number of unbranched alkanes of at least 4 members (excludes halogenated alkanes) is 1. The van der Waals surface area contributed by atoms with Crippen LogP contribution in [-0.4, -0.2) is 50.3 Å². The van der Waals surface area contributed by atoms with E-state index in [1.165, 1.54) is 24.0 Å². The lowest BCUT2D eigenvalue weighted by atomic mass is 10.1. The van der Waals surface area contributed by atoms with Gasteiger partial charge in [-0.15, -0.1) is 24.0 Å². The molecule has 0 saturated carbocycles. The first kappa shape index (κ1) is 22.2. The number of hydrogen-bond donors (Lipinski definition) is 2. The van der Waals surface area contributed by atoms with E-state index in [9.17, 15) is 0 Å². The number of aliphatic imine (C=N–C) groups is 1. The summed E-state index contributed by atoms with van der Waals surface area (Å²) < 4.78 is 5.40. The third kappa shape index (κ3) is 8.87. The molecule has 1 saturated heterocycles. The summed E-state index contributed by atoms with van der Waals surface area (Å²) in [4.78, 5) is 7.11. The van der Waals surface area contributed by atoms with Gasteiger partial charge in [-0.1, -0.05) is 37.6 Å². The van der Waals surface area contributed by atoms with Gasteiger partial charge in [0.25, 0.3) is 0 Å². The lowest BCUT2D eigenvalue weighted by Gasteiger charge is -2.26. The van der Waals surface area contributed by atoms with Crippen LogP contribution in [0.4, 0.5) is 0 Å². The highest BCUT2D eigenvalue weighted by molar-refractivity contribution is 14.0. The minimum absolute atomic E-state index is 0. The van der Waals surface area contributed by atoms with Crippen LogP contribution in [0, 0.1) is 0 Å². The zero-order chi connectivity index (χ0) is 17.0. The molecule has 1 aliphatic heterocycles. The largest absolute Gasteiger partial charge is 0.379 e. The van der Waals surface area contributed by atoms with E-state index in [0.29, 0.717) is 6.54 Å². The molecule has 1 aromatic rings. The molecule has 0 bridgehead atoms. The molecule has 0 aliphatic carbocycles. The lowest BCUT2D eigenvalue weighted by molar-refractivity contribution is 0.0342. The number of hydrogen-bond acceptors (Lipinski definition) is 3. The summed E-state index contributed by atoms with van der Waals surface area (Å²) in [5.74, 6) is 0.906. The van der Waals surface area contributed by atoms with Gasteiger partial charge in [-0.2, -0.15) is 0 Å². The monoisotopic (exact) mass is 460 g/mol. The summed E-state index contributed by atoms with van der Waals surface area (Å²) in [6.45, 7) is 11.6. The van der Waals surface area contributed by atoms with Gasteiger partial charge in [-0.3, -0.25) is 4.90 Å². The summed E-state index contributed by atoms with van der Waals surface area (Å²) in [5, 5.41) is 6.68. The normalized spacial score (nSPS) is 15.5. The summed E-state index contributed by atoms with van der Waals surface area (Å²) in [7, 11) is 0. The van der Waals surface area contributed by atoms with Gasteiger partial charge in [0.2, 0.25) is 0 Å². The smallest absolute Gasteiger partial charge is 0.191 e. The maximum atomic E-state index is 5.40. The Hall–Kier alpha value is -0.860. The van der Waals surface area contributed by atoms with Gasteiger partial charge in [0.05, 0.1) is 19.8 Å². The van der Waals surface area contributed by atoms with E-state index in [1.54, 1.807) is 0 Å². The van der Waals surface area contributed by atoms with Crippen molar-refractivity contribution < 1.29 is 4.74 Å². The van der Waals surface area contributed by atoms with Crippen LogP contribution < -0.4 is 10.6 Å². The number of nitrogens with one attached hydrogen (secondary N) is 2. The lowest BCUT2D eigenvalue weighted by Crippen LogP contribution is -2.37. The van der Waals surface area contributed by atoms with Crippen LogP contribution in [0.1, 0.15) is 37.8 Å². The number of nitrogens with zero attached hydrogens (tertiary/aromatic N) is 2. The van der Waals surface area contributed by atoms with Gasteiger partial charge >= 0.3 is 0 Å². The van der Waals surface area contributed by atoms with Crippen LogP contribution in [0.2, 0.25) is 0 Å². The van der Waals surface area contributed by atoms with Crippen molar-refractivity contribution in [2.24, 2.45) is 4.99 Å². The van der Waals surface area contributed by atoms with Crippen LogP contribution in [0.3, 0.4) is 0 Å². The summed E-state index contributed by atoms with van der Waals surface area (Å²) in [5.41, 5.74) is 2.60. The molecule has 0 aromatic heterocycles. The second kappa shape index (κ2) is 13.4. The van der Waals surface area contributed by atoms with Crippen LogP contribution in [0.5, 0.6) is 0 Å². The average Bonchev–Trinajstić information content (AvgIpc) is 2.62. The molecule has 0 amide bonds. The topological polar surface area (TPSA) is 48.9 Å². The maximum Gasteiger partial charge on any atom is 0.191 e. The molecular formula is C19H33IN4O. The van der Waals surface area contributed by atoms with Crippen LogP contribution in [-0.2, 0) is 17.8 Å². The van der Waals surface area contributed by atoms with Crippen molar-refractivity contribution in [3.8, 4) is 0 Å². The molecule has 6 heteroatoms. The highest BCUT2D eigenvalue weighted by atomic mass is 127. The number of guanidine groups is 1. The number of benzene rings is 1. The minimum atomic E-state index is 0. The van der Waals surface area contributed by atoms with E-state index in [0.717, 1.165) is 51.9 Å². The van der Waals surface area contributed by atoms with Gasteiger partial charge in [0, 0.05) is 32.7 Å². The Morgan fingerprint density at radius 2 is 1.76 bits per heavy atom. The van der Waals surface area contributed by atoms with Gasteiger partial charge < -0.3 is 15.4 Å². The standard InChI is InChI=1S/C19H32N4O.HI/c1-3-5-10-21-19(20-4-2)22-15-17-6-8-18(9-7-17)16-23-11-13-24-14-12-23;/h6-9H,3-5,10-16H2,1-2H3,(H2,20,21,22);1H. The Labute approximate surface area is 169 Å². The van der Waals surface area contributed by atoms with E-state index in [2.05, 4.69) is 58.6 Å². The number of rotatable bonds is 8. The first-order valence-corrected chi connectivity index (χ1v) is 9.22.